The smallest absolute Gasteiger partial charge is 0.273 e. The molecule has 28 heavy (non-hydrogen) atoms. The number of benzene rings is 2. The van der Waals surface area contributed by atoms with Gasteiger partial charge in [-0.3, -0.25) is 14.9 Å². The lowest BCUT2D eigenvalue weighted by Gasteiger charge is -2.28. The zero-order valence-electron chi connectivity index (χ0n) is 15.0. The maximum Gasteiger partial charge on any atom is 0.273 e. The van der Waals surface area contributed by atoms with Crippen LogP contribution < -0.4 is 10.2 Å². The number of rotatable bonds is 4. The van der Waals surface area contributed by atoms with Gasteiger partial charge in [-0.2, -0.15) is 0 Å². The highest BCUT2D eigenvalue weighted by Gasteiger charge is 2.22. The minimum Gasteiger partial charge on any atom is -0.378 e. The molecule has 0 bridgehead atoms. The maximum atomic E-state index is 12.7. The molecule has 0 spiro atoms. The fourth-order valence-corrected chi connectivity index (χ4v) is 3.27. The van der Waals surface area contributed by atoms with E-state index in [4.69, 9.17) is 9.37 Å². The van der Waals surface area contributed by atoms with Crippen LogP contribution in [0.25, 0.3) is 11.0 Å². The van der Waals surface area contributed by atoms with E-state index in [1.54, 1.807) is 13.0 Å². The lowest BCUT2D eigenvalue weighted by molar-refractivity contribution is -0.385. The monoisotopic (exact) mass is 383 g/mol. The fraction of sp³-hybridized carbons (Fsp3) is 0.278. The Morgan fingerprint density at radius 3 is 2.68 bits per heavy atom. The average Bonchev–Trinajstić information content (AvgIpc) is 3.19. The molecule has 144 valence electrons. The van der Waals surface area contributed by atoms with Crippen molar-refractivity contribution in [3.05, 3.63) is 51.6 Å². The number of fused-ring (bicyclic) bond motifs is 1. The lowest BCUT2D eigenvalue weighted by atomic mass is 10.1. The molecule has 10 nitrogen and oxygen atoms in total. The normalized spacial score (nSPS) is 14.2. The Balaban J connectivity index is 1.66. The Morgan fingerprint density at radius 1 is 1.18 bits per heavy atom. The number of nitrogens with one attached hydrogen (secondary N) is 1. The highest BCUT2D eigenvalue weighted by atomic mass is 16.6. The van der Waals surface area contributed by atoms with E-state index in [1.165, 1.54) is 18.2 Å². The number of nitro benzene ring substituents is 1. The van der Waals surface area contributed by atoms with Crippen LogP contribution in [-0.2, 0) is 4.74 Å². The van der Waals surface area contributed by atoms with Crippen LogP contribution in [0.4, 0.5) is 17.1 Å². The molecule has 2 aromatic carbocycles. The van der Waals surface area contributed by atoms with E-state index in [1.807, 2.05) is 6.07 Å². The average molecular weight is 383 g/mol. The second-order valence-electron chi connectivity index (χ2n) is 6.35. The van der Waals surface area contributed by atoms with E-state index in [-0.39, 0.29) is 11.3 Å². The van der Waals surface area contributed by atoms with E-state index >= 15 is 0 Å². The molecule has 1 aliphatic heterocycles. The van der Waals surface area contributed by atoms with Crippen LogP contribution >= 0.6 is 0 Å². The molecule has 0 atom stereocenters. The van der Waals surface area contributed by atoms with Crippen LogP contribution in [0.2, 0.25) is 0 Å². The largest absolute Gasteiger partial charge is 0.378 e. The van der Waals surface area contributed by atoms with Crippen molar-refractivity contribution in [3.8, 4) is 0 Å². The number of ether oxygens (including phenoxy) is 1. The molecular weight excluding hydrogens is 366 g/mol. The molecule has 0 radical (unpaired) electrons. The summed E-state index contributed by atoms with van der Waals surface area (Å²) in [4.78, 5) is 25.4. The van der Waals surface area contributed by atoms with Gasteiger partial charge in [-0.15, -0.1) is 0 Å². The third-order valence-electron chi connectivity index (χ3n) is 4.74. The molecule has 0 aliphatic carbocycles. The van der Waals surface area contributed by atoms with Gasteiger partial charge in [-0.25, -0.2) is 4.63 Å². The van der Waals surface area contributed by atoms with Crippen LogP contribution in [0.15, 0.2) is 35.0 Å². The van der Waals surface area contributed by atoms with E-state index in [9.17, 15) is 14.9 Å². The Kier molecular flexibility index (Phi) is 4.62. The third-order valence-corrected chi connectivity index (χ3v) is 4.74. The lowest BCUT2D eigenvalue weighted by Crippen LogP contribution is -2.36. The molecule has 1 aliphatic rings. The Labute approximate surface area is 159 Å². The third kappa shape index (κ3) is 3.14. The first kappa shape index (κ1) is 17.9. The number of nitro groups is 1. The molecule has 0 saturated carbocycles. The summed E-state index contributed by atoms with van der Waals surface area (Å²) in [5.41, 5.74) is 2.63. The highest BCUT2D eigenvalue weighted by molar-refractivity contribution is 6.10. The summed E-state index contributed by atoms with van der Waals surface area (Å²) in [6.07, 6.45) is 0. The number of nitrogens with zero attached hydrogens (tertiary/aromatic N) is 4. The molecule has 1 N–H and O–H groups in total. The summed E-state index contributed by atoms with van der Waals surface area (Å²) in [5, 5.41) is 21.8. The Bertz CT molecular complexity index is 1060. The Hall–Kier alpha value is -3.53. The van der Waals surface area contributed by atoms with Crippen molar-refractivity contribution in [2.75, 3.05) is 36.5 Å². The van der Waals surface area contributed by atoms with Gasteiger partial charge in [-0.05, 0) is 35.4 Å². The summed E-state index contributed by atoms with van der Waals surface area (Å²) in [7, 11) is 0. The predicted octanol–water partition coefficient (Wildman–Crippen LogP) is 2.53. The van der Waals surface area contributed by atoms with Gasteiger partial charge < -0.3 is 15.0 Å². The van der Waals surface area contributed by atoms with Crippen molar-refractivity contribution in [3.63, 3.8) is 0 Å². The number of hydrogen-bond donors (Lipinski definition) is 1. The first-order chi connectivity index (χ1) is 13.6. The summed E-state index contributed by atoms with van der Waals surface area (Å²) in [6.45, 7) is 4.23. The number of carbonyl (C=O) groups is 1. The van der Waals surface area contributed by atoms with Gasteiger partial charge in [0.1, 0.15) is 0 Å². The molecule has 1 saturated heterocycles. The summed E-state index contributed by atoms with van der Waals surface area (Å²) in [6, 6.07) is 7.95. The molecule has 2 heterocycles. The fourth-order valence-electron chi connectivity index (χ4n) is 3.27. The van der Waals surface area contributed by atoms with E-state index in [2.05, 4.69) is 20.5 Å². The molecule has 1 amide bonds. The van der Waals surface area contributed by atoms with Crippen molar-refractivity contribution in [2.45, 2.75) is 6.92 Å². The van der Waals surface area contributed by atoms with Crippen LogP contribution in [0.1, 0.15) is 15.9 Å². The standard InChI is InChI=1S/C18H17N5O5/c1-11-12(3-2-4-14(11)23(25)26)18(24)19-13-5-6-15(17-16(13)20-28-21-17)22-7-9-27-10-8-22/h2-6H,7-10H2,1H3,(H,19,24). The molecule has 1 aromatic heterocycles. The van der Waals surface area contributed by atoms with Crippen LogP contribution in [0, 0.1) is 17.0 Å². The van der Waals surface area contributed by atoms with E-state index in [0.717, 1.165) is 18.8 Å². The maximum absolute atomic E-state index is 12.7. The minimum absolute atomic E-state index is 0.108. The van der Waals surface area contributed by atoms with Crippen molar-refractivity contribution in [2.24, 2.45) is 0 Å². The molecule has 4 rings (SSSR count). The van der Waals surface area contributed by atoms with Crippen molar-refractivity contribution in [1.29, 1.82) is 0 Å². The number of morpholine rings is 1. The highest BCUT2D eigenvalue weighted by Crippen LogP contribution is 2.31. The summed E-state index contributed by atoms with van der Waals surface area (Å²) < 4.78 is 10.3. The van der Waals surface area contributed by atoms with Gasteiger partial charge in [0.05, 0.1) is 29.5 Å². The first-order valence-corrected chi connectivity index (χ1v) is 8.69. The molecule has 3 aromatic rings. The van der Waals surface area contributed by atoms with Crippen molar-refractivity contribution in [1.82, 2.24) is 10.3 Å². The van der Waals surface area contributed by atoms with E-state index < -0.39 is 10.8 Å². The predicted molar refractivity (Wildman–Crippen MR) is 101 cm³/mol. The van der Waals surface area contributed by atoms with Gasteiger partial charge in [-0.1, -0.05) is 6.07 Å². The number of carbonyl (C=O) groups excluding carboxylic acids is 1. The molecule has 1 fully saturated rings. The SMILES string of the molecule is Cc1c(C(=O)Nc2ccc(N3CCOCC3)c3nonc23)cccc1[N+](=O)[O-]. The zero-order chi connectivity index (χ0) is 19.7. The number of anilines is 2. The van der Waals surface area contributed by atoms with Gasteiger partial charge in [0.2, 0.25) is 0 Å². The minimum atomic E-state index is -0.511. The van der Waals surface area contributed by atoms with Gasteiger partial charge in [0.15, 0.2) is 11.0 Å². The second kappa shape index (κ2) is 7.24. The molecule has 10 heteroatoms. The first-order valence-electron chi connectivity index (χ1n) is 8.69. The Morgan fingerprint density at radius 2 is 1.93 bits per heavy atom. The number of amides is 1. The van der Waals surface area contributed by atoms with Crippen molar-refractivity contribution >= 4 is 34.0 Å². The van der Waals surface area contributed by atoms with Crippen LogP contribution in [0.3, 0.4) is 0 Å². The summed E-state index contributed by atoms with van der Waals surface area (Å²) in [5.74, 6) is -0.468. The van der Waals surface area contributed by atoms with Gasteiger partial charge >= 0.3 is 0 Å². The quantitative estimate of drug-likeness (QED) is 0.538. The molecular formula is C18H17N5O5. The van der Waals surface area contributed by atoms with Crippen molar-refractivity contribution < 1.29 is 19.1 Å². The second-order valence-corrected chi connectivity index (χ2v) is 6.35. The zero-order valence-corrected chi connectivity index (χ0v) is 15.0. The molecule has 0 unspecified atom stereocenters. The van der Waals surface area contributed by atoms with Crippen LogP contribution in [-0.4, -0.2) is 47.4 Å². The van der Waals surface area contributed by atoms with Crippen LogP contribution in [0.5, 0.6) is 0 Å². The van der Waals surface area contributed by atoms with Gasteiger partial charge in [0.25, 0.3) is 11.6 Å². The number of aromatic nitrogens is 2. The number of hydrogen-bond acceptors (Lipinski definition) is 8. The topological polar surface area (TPSA) is 124 Å². The van der Waals surface area contributed by atoms with E-state index in [0.29, 0.717) is 35.5 Å². The summed E-state index contributed by atoms with van der Waals surface area (Å²) >= 11 is 0. The van der Waals surface area contributed by atoms with Gasteiger partial charge in [0, 0.05) is 30.3 Å².